The van der Waals surface area contributed by atoms with Gasteiger partial charge in [-0.25, -0.2) is 0 Å². The first-order valence-electron chi connectivity index (χ1n) is 11.1. The Balaban J connectivity index is -0.000000317. The standard InChI is InChI=1S/C10H12.C7H8.C6H14.C4H8.C2H6/c1-8(2)10-6-4-5-9(3)7-10;1-7-5-3-2-4-6-7;1-3-5-6-4-2;1-4(2)3;1-2/h4-7H,1H2,2-3H3;2-6H,1H3;3-6H2,1-2H3;1H2,2-3H3;1-2H3. The molecule has 0 bridgehead atoms. The van der Waals surface area contributed by atoms with E-state index in [0.717, 1.165) is 5.57 Å². The van der Waals surface area contributed by atoms with E-state index in [4.69, 9.17) is 0 Å². The molecule has 0 aliphatic carbocycles. The Labute approximate surface area is 183 Å². The van der Waals surface area contributed by atoms with E-state index in [9.17, 15) is 0 Å². The fraction of sp³-hybridized carbons (Fsp3) is 0.448. The van der Waals surface area contributed by atoms with Crippen LogP contribution in [-0.4, -0.2) is 0 Å². The second-order valence-corrected chi connectivity index (χ2v) is 7.22. The van der Waals surface area contributed by atoms with E-state index in [2.05, 4.69) is 77.3 Å². The molecule has 0 atom stereocenters. The summed E-state index contributed by atoms with van der Waals surface area (Å²) in [7, 11) is 0. The highest BCUT2D eigenvalue weighted by molar-refractivity contribution is 5.61. The van der Waals surface area contributed by atoms with Crippen molar-refractivity contribution in [2.45, 2.75) is 88.0 Å². The van der Waals surface area contributed by atoms with Crippen molar-refractivity contribution in [2.75, 3.05) is 0 Å². The third-order valence-electron chi connectivity index (χ3n) is 3.41. The molecule has 0 spiro atoms. The van der Waals surface area contributed by atoms with Gasteiger partial charge in [0.25, 0.3) is 0 Å². The van der Waals surface area contributed by atoms with Gasteiger partial charge in [-0.1, -0.05) is 137 Å². The molecule has 0 N–H and O–H groups in total. The first-order valence-corrected chi connectivity index (χ1v) is 11.1. The van der Waals surface area contributed by atoms with E-state index in [0.29, 0.717) is 0 Å². The number of hydrogen-bond donors (Lipinski definition) is 0. The SMILES string of the molecule is C=C(C)C.C=C(C)c1cccc(C)c1.CC.CCCCCC.Cc1ccccc1. The van der Waals surface area contributed by atoms with Crippen molar-refractivity contribution < 1.29 is 0 Å². The van der Waals surface area contributed by atoms with Crippen molar-refractivity contribution in [1.82, 2.24) is 0 Å². The molecule has 2 aromatic carbocycles. The number of rotatable bonds is 4. The molecule has 0 heterocycles. The van der Waals surface area contributed by atoms with E-state index >= 15 is 0 Å². The molecule has 0 saturated heterocycles. The molecule has 0 aliphatic heterocycles. The number of aryl methyl sites for hydroxylation is 2. The molecule has 2 rings (SSSR count). The molecule has 0 nitrogen and oxygen atoms in total. The molecule has 29 heavy (non-hydrogen) atoms. The predicted molar refractivity (Wildman–Crippen MR) is 139 cm³/mol. The lowest BCUT2D eigenvalue weighted by molar-refractivity contribution is 0.702. The quantitative estimate of drug-likeness (QED) is 0.356. The van der Waals surface area contributed by atoms with E-state index in [1.54, 1.807) is 0 Å². The minimum Gasteiger partial charge on any atom is -0.100 e. The monoisotopic (exact) mass is 396 g/mol. The molecular weight excluding hydrogens is 348 g/mol. The van der Waals surface area contributed by atoms with E-state index < -0.39 is 0 Å². The van der Waals surface area contributed by atoms with Gasteiger partial charge in [0, 0.05) is 0 Å². The summed E-state index contributed by atoms with van der Waals surface area (Å²) in [5.41, 5.74) is 6.15. The molecule has 0 unspecified atom stereocenters. The van der Waals surface area contributed by atoms with Crippen molar-refractivity contribution in [3.8, 4) is 0 Å². The summed E-state index contributed by atoms with van der Waals surface area (Å²) in [4.78, 5) is 0. The minimum absolute atomic E-state index is 1.13. The van der Waals surface area contributed by atoms with Crippen LogP contribution in [0.5, 0.6) is 0 Å². The zero-order valence-electron chi connectivity index (χ0n) is 20.9. The van der Waals surface area contributed by atoms with Crippen LogP contribution in [0.15, 0.2) is 73.3 Å². The Bertz CT molecular complexity index is 597. The maximum Gasteiger partial charge on any atom is -0.0231 e. The lowest BCUT2D eigenvalue weighted by Crippen LogP contribution is -1.77. The number of benzene rings is 2. The summed E-state index contributed by atoms with van der Waals surface area (Å²) >= 11 is 0. The normalized spacial score (nSPS) is 8.31. The van der Waals surface area contributed by atoms with Crippen LogP contribution in [0.4, 0.5) is 0 Å². The van der Waals surface area contributed by atoms with Crippen LogP contribution in [-0.2, 0) is 0 Å². The van der Waals surface area contributed by atoms with Crippen LogP contribution in [0.3, 0.4) is 0 Å². The topological polar surface area (TPSA) is 0 Å². The zero-order chi connectivity index (χ0) is 23.1. The van der Waals surface area contributed by atoms with E-state index in [1.165, 1.54) is 47.9 Å². The van der Waals surface area contributed by atoms with Crippen LogP contribution in [0.2, 0.25) is 0 Å². The molecule has 2 aromatic rings. The third kappa shape index (κ3) is 28.2. The van der Waals surface area contributed by atoms with Gasteiger partial charge in [0.1, 0.15) is 0 Å². The summed E-state index contributed by atoms with van der Waals surface area (Å²) in [5, 5.41) is 0. The first-order chi connectivity index (χ1) is 13.7. The lowest BCUT2D eigenvalue weighted by Gasteiger charge is -1.98. The van der Waals surface area contributed by atoms with Gasteiger partial charge in [0.2, 0.25) is 0 Å². The van der Waals surface area contributed by atoms with E-state index in [1.807, 2.05) is 52.8 Å². The Kier molecular flexibility index (Phi) is 26.1. The third-order valence-corrected chi connectivity index (χ3v) is 3.41. The van der Waals surface area contributed by atoms with Crippen molar-refractivity contribution in [3.63, 3.8) is 0 Å². The maximum absolute atomic E-state index is 3.87. The van der Waals surface area contributed by atoms with Gasteiger partial charge in [-0.2, -0.15) is 0 Å². The average Bonchev–Trinajstić information content (AvgIpc) is 2.69. The Morgan fingerprint density at radius 3 is 1.34 bits per heavy atom. The Morgan fingerprint density at radius 2 is 1.10 bits per heavy atom. The fourth-order valence-electron chi connectivity index (χ4n) is 1.94. The van der Waals surface area contributed by atoms with Crippen LogP contribution in [0, 0.1) is 13.8 Å². The van der Waals surface area contributed by atoms with Crippen molar-refractivity contribution in [2.24, 2.45) is 0 Å². The predicted octanol–water partition coefficient (Wildman–Crippen LogP) is 10.2. The highest BCUT2D eigenvalue weighted by Gasteiger charge is 1.90. The average molecular weight is 397 g/mol. The van der Waals surface area contributed by atoms with Gasteiger partial charge in [0.15, 0.2) is 0 Å². The van der Waals surface area contributed by atoms with E-state index in [-0.39, 0.29) is 0 Å². The zero-order valence-corrected chi connectivity index (χ0v) is 20.9. The summed E-state index contributed by atoms with van der Waals surface area (Å²) in [5.74, 6) is 0. The number of allylic oxidation sites excluding steroid dienone is 2. The smallest absolute Gasteiger partial charge is 0.0231 e. The van der Waals surface area contributed by atoms with Crippen molar-refractivity contribution >= 4 is 5.57 Å². The maximum atomic E-state index is 3.87. The molecule has 0 heteroatoms. The molecule has 0 amide bonds. The fourth-order valence-corrected chi connectivity index (χ4v) is 1.94. The van der Waals surface area contributed by atoms with Crippen LogP contribution in [0.1, 0.15) is 90.8 Å². The van der Waals surface area contributed by atoms with Gasteiger partial charge in [-0.15, -0.1) is 6.58 Å². The number of hydrogen-bond acceptors (Lipinski definition) is 0. The molecular formula is C29H48. The summed E-state index contributed by atoms with van der Waals surface area (Å²) in [6, 6.07) is 18.6. The Hall–Kier alpha value is -2.08. The first kappa shape index (κ1) is 31.6. The lowest BCUT2D eigenvalue weighted by atomic mass is 10.1. The van der Waals surface area contributed by atoms with Gasteiger partial charge in [0.05, 0.1) is 0 Å². The van der Waals surface area contributed by atoms with Crippen molar-refractivity contribution in [1.29, 1.82) is 0 Å². The Morgan fingerprint density at radius 1 is 0.690 bits per heavy atom. The van der Waals surface area contributed by atoms with Gasteiger partial charge < -0.3 is 0 Å². The van der Waals surface area contributed by atoms with Crippen LogP contribution >= 0.6 is 0 Å². The highest BCUT2D eigenvalue weighted by atomic mass is 14.0. The number of unbranched alkanes of at least 4 members (excludes halogenated alkanes) is 3. The second kappa shape index (κ2) is 24.0. The van der Waals surface area contributed by atoms with Gasteiger partial charge >= 0.3 is 0 Å². The molecule has 0 radical (unpaired) electrons. The molecule has 0 aromatic heterocycles. The highest BCUT2D eigenvalue weighted by Crippen LogP contribution is 2.11. The summed E-state index contributed by atoms with van der Waals surface area (Å²) in [6.07, 6.45) is 5.54. The van der Waals surface area contributed by atoms with Crippen molar-refractivity contribution in [3.05, 3.63) is 90.0 Å². The minimum atomic E-state index is 1.13. The van der Waals surface area contributed by atoms with Gasteiger partial charge in [-0.05, 0) is 40.2 Å². The summed E-state index contributed by atoms with van der Waals surface area (Å²) < 4.78 is 0. The molecule has 0 fully saturated rings. The summed E-state index contributed by atoms with van der Waals surface area (Å²) in [6.45, 7) is 26.0. The largest absolute Gasteiger partial charge is 0.100 e. The van der Waals surface area contributed by atoms with Crippen LogP contribution in [0.25, 0.3) is 5.57 Å². The molecule has 0 saturated carbocycles. The second-order valence-electron chi connectivity index (χ2n) is 7.22. The molecule has 164 valence electrons. The van der Waals surface area contributed by atoms with Crippen LogP contribution < -0.4 is 0 Å². The van der Waals surface area contributed by atoms with Gasteiger partial charge in [-0.3, -0.25) is 0 Å². The molecule has 0 aliphatic rings.